The largest absolute Gasteiger partial charge is 0.493 e. The first-order valence-corrected chi connectivity index (χ1v) is 8.62. The van der Waals surface area contributed by atoms with E-state index in [9.17, 15) is 13.6 Å². The minimum atomic E-state index is -2.90. The second-order valence-electron chi connectivity index (χ2n) is 6.77. The summed E-state index contributed by atoms with van der Waals surface area (Å²) in [4.78, 5) is 14.8. The molecule has 0 bridgehead atoms. The molecule has 1 saturated carbocycles. The summed E-state index contributed by atoms with van der Waals surface area (Å²) in [5.74, 6) is 0.799. The van der Waals surface area contributed by atoms with Crippen LogP contribution >= 0.6 is 12.4 Å². The molecule has 0 spiro atoms. The summed E-state index contributed by atoms with van der Waals surface area (Å²) in [6.07, 6.45) is 2.04. The maximum atomic E-state index is 12.9. The number of benzene rings is 1. The molecule has 0 radical (unpaired) electrons. The summed E-state index contributed by atoms with van der Waals surface area (Å²) in [5.41, 5.74) is 0.845. The van der Waals surface area contributed by atoms with Crippen LogP contribution in [0.3, 0.4) is 0 Å². The van der Waals surface area contributed by atoms with Crippen molar-refractivity contribution < 1.29 is 23.0 Å². The van der Waals surface area contributed by atoms with Gasteiger partial charge in [-0.1, -0.05) is 13.0 Å². The lowest BCUT2D eigenvalue weighted by atomic mass is 9.87. The molecule has 1 amide bonds. The van der Waals surface area contributed by atoms with E-state index in [1.54, 1.807) is 12.1 Å². The van der Waals surface area contributed by atoms with Crippen LogP contribution in [0.25, 0.3) is 0 Å². The number of nitrogens with one attached hydrogen (secondary N) is 1. The first-order chi connectivity index (χ1) is 12.0. The Hall–Kier alpha value is -1.60. The minimum Gasteiger partial charge on any atom is -0.493 e. The molecule has 1 N–H and O–H groups in total. The molecule has 1 unspecified atom stereocenters. The van der Waals surface area contributed by atoms with Crippen molar-refractivity contribution in [2.75, 3.05) is 20.2 Å². The minimum absolute atomic E-state index is 0. The molecular formula is C18H25ClF2N2O3. The van der Waals surface area contributed by atoms with E-state index in [0.717, 1.165) is 31.5 Å². The summed E-state index contributed by atoms with van der Waals surface area (Å²) in [7, 11) is 1.41. The summed E-state index contributed by atoms with van der Waals surface area (Å²) in [5, 5.41) is 3.20. The van der Waals surface area contributed by atoms with Gasteiger partial charge in [0.1, 0.15) is 0 Å². The predicted octanol–water partition coefficient (Wildman–Crippen LogP) is 3.06. The number of alkyl halides is 2. The van der Waals surface area contributed by atoms with E-state index < -0.39 is 6.61 Å². The van der Waals surface area contributed by atoms with Crippen LogP contribution in [0.4, 0.5) is 8.78 Å². The first kappa shape index (κ1) is 20.7. The van der Waals surface area contributed by atoms with Gasteiger partial charge in [-0.15, -0.1) is 12.4 Å². The molecule has 1 atom stereocenters. The third kappa shape index (κ3) is 4.76. The van der Waals surface area contributed by atoms with Gasteiger partial charge in [-0.05, 0) is 49.5 Å². The number of amides is 1. The van der Waals surface area contributed by atoms with Crippen LogP contribution < -0.4 is 14.8 Å². The van der Waals surface area contributed by atoms with Gasteiger partial charge in [0.15, 0.2) is 11.5 Å². The van der Waals surface area contributed by atoms with Crippen LogP contribution in [0, 0.1) is 11.8 Å². The van der Waals surface area contributed by atoms with Gasteiger partial charge in [0.05, 0.1) is 7.11 Å². The monoisotopic (exact) mass is 390 g/mol. The fourth-order valence-electron chi connectivity index (χ4n) is 3.10. The zero-order chi connectivity index (χ0) is 18.0. The van der Waals surface area contributed by atoms with Crippen LogP contribution in [-0.4, -0.2) is 43.7 Å². The molecule has 1 aliphatic heterocycles. The summed E-state index contributed by atoms with van der Waals surface area (Å²) < 4.78 is 34.5. The molecular weight excluding hydrogens is 366 g/mol. The second-order valence-corrected chi connectivity index (χ2v) is 6.77. The molecule has 3 rings (SSSR count). The topological polar surface area (TPSA) is 50.8 Å². The van der Waals surface area contributed by atoms with Gasteiger partial charge in [0.25, 0.3) is 0 Å². The average molecular weight is 391 g/mol. The molecule has 2 aliphatic rings. The zero-order valence-electron chi connectivity index (χ0n) is 14.9. The molecule has 5 nitrogen and oxygen atoms in total. The number of hydrogen-bond donors (Lipinski definition) is 1. The standard InChI is InChI=1S/C18H24F2N2O3.ClH/c1-11(13-8-21-9-13)17(23)22(14-4-5-14)10-12-3-6-15(25-18(19)20)16(7-12)24-2;/h3,6-7,11,13-14,18,21H,4-5,8-10H2,1-2H3;1H. The molecule has 1 heterocycles. The van der Waals surface area contributed by atoms with Crippen molar-refractivity contribution in [3.8, 4) is 11.5 Å². The van der Waals surface area contributed by atoms with Crippen LogP contribution in [0.2, 0.25) is 0 Å². The molecule has 1 aliphatic carbocycles. The Morgan fingerprint density at radius 2 is 2.00 bits per heavy atom. The highest BCUT2D eigenvalue weighted by molar-refractivity contribution is 5.85. The summed E-state index contributed by atoms with van der Waals surface area (Å²) in [6.45, 7) is 1.32. The molecule has 1 saturated heterocycles. The first-order valence-electron chi connectivity index (χ1n) is 8.62. The average Bonchev–Trinajstić information content (AvgIpc) is 3.35. The van der Waals surface area contributed by atoms with E-state index in [-0.39, 0.29) is 41.8 Å². The van der Waals surface area contributed by atoms with Crippen molar-refractivity contribution in [2.45, 2.75) is 39.0 Å². The fourth-order valence-corrected chi connectivity index (χ4v) is 3.10. The quantitative estimate of drug-likeness (QED) is 0.741. The Balaban J connectivity index is 0.00000243. The maximum absolute atomic E-state index is 12.9. The van der Waals surface area contributed by atoms with Gasteiger partial charge in [0, 0.05) is 18.5 Å². The van der Waals surface area contributed by atoms with Crippen molar-refractivity contribution >= 4 is 18.3 Å². The Kier molecular flexibility index (Phi) is 7.06. The number of carbonyl (C=O) groups is 1. The lowest BCUT2D eigenvalue weighted by molar-refractivity contribution is -0.138. The van der Waals surface area contributed by atoms with Crippen molar-refractivity contribution in [3.63, 3.8) is 0 Å². The maximum Gasteiger partial charge on any atom is 0.387 e. The van der Waals surface area contributed by atoms with E-state index in [0.29, 0.717) is 12.5 Å². The number of carbonyl (C=O) groups excluding carboxylic acids is 1. The zero-order valence-corrected chi connectivity index (χ0v) is 15.7. The predicted molar refractivity (Wildman–Crippen MR) is 96.0 cm³/mol. The molecule has 1 aromatic rings. The van der Waals surface area contributed by atoms with Crippen molar-refractivity contribution in [2.24, 2.45) is 11.8 Å². The molecule has 26 heavy (non-hydrogen) atoms. The Morgan fingerprint density at radius 1 is 1.31 bits per heavy atom. The SMILES string of the molecule is COc1cc(CN(C(=O)C(C)C2CNC2)C2CC2)ccc1OC(F)F.Cl. The van der Waals surface area contributed by atoms with Gasteiger partial charge in [-0.2, -0.15) is 8.78 Å². The van der Waals surface area contributed by atoms with Gasteiger partial charge < -0.3 is 19.7 Å². The number of methoxy groups -OCH3 is 1. The Labute approximate surface area is 158 Å². The van der Waals surface area contributed by atoms with Gasteiger partial charge >= 0.3 is 6.61 Å². The van der Waals surface area contributed by atoms with Crippen LogP contribution in [0.15, 0.2) is 18.2 Å². The smallest absolute Gasteiger partial charge is 0.387 e. The van der Waals surface area contributed by atoms with Crippen LogP contribution in [0.5, 0.6) is 11.5 Å². The number of halogens is 3. The van der Waals surface area contributed by atoms with Gasteiger partial charge in [0.2, 0.25) is 5.91 Å². The van der Waals surface area contributed by atoms with E-state index in [1.807, 2.05) is 11.8 Å². The molecule has 146 valence electrons. The van der Waals surface area contributed by atoms with Gasteiger partial charge in [-0.3, -0.25) is 4.79 Å². The highest BCUT2D eigenvalue weighted by Crippen LogP contribution is 2.34. The third-order valence-electron chi connectivity index (χ3n) is 4.98. The second kappa shape index (κ2) is 8.86. The summed E-state index contributed by atoms with van der Waals surface area (Å²) >= 11 is 0. The van der Waals surface area contributed by atoms with Crippen molar-refractivity contribution in [1.29, 1.82) is 0 Å². The lowest BCUT2D eigenvalue weighted by Gasteiger charge is -2.35. The summed E-state index contributed by atoms with van der Waals surface area (Å²) in [6, 6.07) is 5.12. The van der Waals surface area contributed by atoms with E-state index in [2.05, 4.69) is 10.1 Å². The van der Waals surface area contributed by atoms with Gasteiger partial charge in [-0.25, -0.2) is 0 Å². The number of hydrogen-bond acceptors (Lipinski definition) is 4. The highest BCUT2D eigenvalue weighted by atomic mass is 35.5. The molecule has 2 fully saturated rings. The lowest BCUT2D eigenvalue weighted by Crippen LogP contribution is -2.50. The normalized spacial score (nSPS) is 17.9. The molecule has 0 aromatic heterocycles. The molecule has 8 heteroatoms. The fraction of sp³-hybridized carbons (Fsp3) is 0.611. The van der Waals surface area contributed by atoms with E-state index >= 15 is 0 Å². The number of ether oxygens (including phenoxy) is 2. The Morgan fingerprint density at radius 3 is 2.50 bits per heavy atom. The van der Waals surface area contributed by atoms with Crippen molar-refractivity contribution in [3.05, 3.63) is 23.8 Å². The Bertz CT molecular complexity index is 624. The molecule has 1 aromatic carbocycles. The third-order valence-corrected chi connectivity index (χ3v) is 4.98. The van der Waals surface area contributed by atoms with E-state index in [4.69, 9.17) is 4.74 Å². The van der Waals surface area contributed by atoms with Crippen molar-refractivity contribution in [1.82, 2.24) is 10.2 Å². The van der Waals surface area contributed by atoms with Crippen LogP contribution in [-0.2, 0) is 11.3 Å². The van der Waals surface area contributed by atoms with E-state index in [1.165, 1.54) is 13.2 Å². The van der Waals surface area contributed by atoms with Crippen LogP contribution in [0.1, 0.15) is 25.3 Å². The number of nitrogens with zero attached hydrogens (tertiary/aromatic N) is 1. The highest BCUT2D eigenvalue weighted by Gasteiger charge is 2.38. The number of rotatable bonds is 8.